The third-order valence-corrected chi connectivity index (χ3v) is 10.8. The van der Waals surface area contributed by atoms with Gasteiger partial charge in [0.15, 0.2) is 0 Å². The van der Waals surface area contributed by atoms with Gasteiger partial charge in [-0.15, -0.1) is 0 Å². The first kappa shape index (κ1) is 26.5. The maximum atomic E-state index is 2.43. The van der Waals surface area contributed by atoms with Crippen LogP contribution < -0.4 is 0 Å². The molecule has 0 radical (unpaired) electrons. The minimum Gasteiger partial charge on any atom is -0.0616 e. The van der Waals surface area contributed by atoms with E-state index in [0.717, 1.165) is 0 Å². The first-order valence-electron chi connectivity index (χ1n) is 16.6. The standard InChI is InChI=1S/C47H32/c1-47(2)42-26-24-30-11-3-6-14-35(30)44(42)45-39-18-10-9-17-38(39)41-28-32(23-25-40(41)46(45)47)29-19-21-31(22-20-29)43-36-15-7-4-12-33(36)27-34-13-5-8-16-37(34)43/h3-28H,1-2H3. The highest BCUT2D eigenvalue weighted by Crippen LogP contribution is 2.56. The second-order valence-electron chi connectivity index (χ2n) is 13.7. The molecule has 0 aliphatic heterocycles. The Bertz CT molecular complexity index is 2690. The van der Waals surface area contributed by atoms with E-state index in [1.54, 1.807) is 0 Å². The second-order valence-corrected chi connectivity index (χ2v) is 13.7. The van der Waals surface area contributed by atoms with E-state index in [1.807, 2.05) is 0 Å². The third kappa shape index (κ3) is 3.70. The minimum absolute atomic E-state index is 0.110. The summed E-state index contributed by atoms with van der Waals surface area (Å²) in [5.41, 5.74) is 10.6. The predicted octanol–water partition coefficient (Wildman–Crippen LogP) is 13.1. The molecule has 0 saturated carbocycles. The van der Waals surface area contributed by atoms with Gasteiger partial charge in [0.25, 0.3) is 0 Å². The van der Waals surface area contributed by atoms with E-state index in [2.05, 4.69) is 172 Å². The first-order valence-corrected chi connectivity index (χ1v) is 16.6. The van der Waals surface area contributed by atoms with Crippen molar-refractivity contribution in [2.45, 2.75) is 19.3 Å². The van der Waals surface area contributed by atoms with Crippen molar-refractivity contribution >= 4 is 53.9 Å². The average Bonchev–Trinajstić information content (AvgIpc) is 3.37. The van der Waals surface area contributed by atoms with Gasteiger partial charge in [0.2, 0.25) is 0 Å². The van der Waals surface area contributed by atoms with Gasteiger partial charge in [-0.05, 0) is 111 Å². The van der Waals surface area contributed by atoms with Gasteiger partial charge in [-0.3, -0.25) is 0 Å². The molecule has 0 N–H and O–H groups in total. The molecule has 0 saturated heterocycles. The smallest absolute Gasteiger partial charge is 0.0165 e. The lowest BCUT2D eigenvalue weighted by Crippen LogP contribution is -2.15. The average molecular weight is 597 g/mol. The summed E-state index contributed by atoms with van der Waals surface area (Å²) in [4.78, 5) is 0. The molecule has 47 heavy (non-hydrogen) atoms. The number of hydrogen-bond acceptors (Lipinski definition) is 0. The number of fused-ring (bicyclic) bond motifs is 12. The molecule has 0 bridgehead atoms. The van der Waals surface area contributed by atoms with Crippen LogP contribution in [0, 0.1) is 0 Å². The van der Waals surface area contributed by atoms with Crippen LogP contribution in [0.25, 0.3) is 87.2 Å². The molecule has 10 rings (SSSR count). The molecule has 0 atom stereocenters. The largest absolute Gasteiger partial charge is 0.0616 e. The molecule has 0 spiro atoms. The Balaban J connectivity index is 1.17. The molecule has 0 unspecified atom stereocenters. The van der Waals surface area contributed by atoms with E-state index in [9.17, 15) is 0 Å². The fourth-order valence-corrected chi connectivity index (χ4v) is 8.63. The summed E-state index contributed by atoms with van der Waals surface area (Å²) in [5.74, 6) is 0. The highest BCUT2D eigenvalue weighted by Gasteiger charge is 2.39. The Kier molecular flexibility index (Phi) is 5.44. The van der Waals surface area contributed by atoms with E-state index < -0.39 is 0 Å². The number of hydrogen-bond donors (Lipinski definition) is 0. The maximum Gasteiger partial charge on any atom is 0.0165 e. The molecule has 9 aromatic carbocycles. The summed E-state index contributed by atoms with van der Waals surface area (Å²) in [6.07, 6.45) is 0. The number of rotatable bonds is 2. The SMILES string of the molecule is CC1(C)c2ccc3ccccc3c2-c2c1c1ccc(-c3ccc(-c4c5ccccc5cc5ccccc45)cc3)cc1c1ccccc21. The lowest BCUT2D eigenvalue weighted by Gasteiger charge is -2.24. The summed E-state index contributed by atoms with van der Waals surface area (Å²) in [5, 5.41) is 13.1. The molecular weight excluding hydrogens is 565 g/mol. The van der Waals surface area contributed by atoms with Gasteiger partial charge in [0.1, 0.15) is 0 Å². The van der Waals surface area contributed by atoms with E-state index in [0.29, 0.717) is 0 Å². The Hall–Kier alpha value is -5.72. The minimum atomic E-state index is -0.110. The molecule has 0 aromatic heterocycles. The molecular formula is C47H32. The lowest BCUT2D eigenvalue weighted by atomic mass is 9.79. The zero-order valence-corrected chi connectivity index (χ0v) is 26.5. The van der Waals surface area contributed by atoms with E-state index in [4.69, 9.17) is 0 Å². The molecule has 0 nitrogen and oxygen atoms in total. The highest BCUT2D eigenvalue weighted by molar-refractivity contribution is 6.21. The summed E-state index contributed by atoms with van der Waals surface area (Å²) in [6, 6.07) is 58.7. The van der Waals surface area contributed by atoms with Gasteiger partial charge in [-0.2, -0.15) is 0 Å². The summed E-state index contributed by atoms with van der Waals surface area (Å²) in [7, 11) is 0. The molecule has 0 heteroatoms. The van der Waals surface area contributed by atoms with Crippen molar-refractivity contribution < 1.29 is 0 Å². The topological polar surface area (TPSA) is 0 Å². The molecule has 0 heterocycles. The fraction of sp³-hybridized carbons (Fsp3) is 0.0638. The van der Waals surface area contributed by atoms with Gasteiger partial charge in [-0.1, -0.05) is 159 Å². The second kappa shape index (κ2) is 9.64. The quantitative estimate of drug-likeness (QED) is 0.138. The maximum absolute atomic E-state index is 2.43. The van der Waals surface area contributed by atoms with Gasteiger partial charge < -0.3 is 0 Å². The van der Waals surface area contributed by atoms with Crippen LogP contribution in [0.5, 0.6) is 0 Å². The van der Waals surface area contributed by atoms with Crippen LogP contribution in [0.2, 0.25) is 0 Å². The molecule has 0 amide bonds. The van der Waals surface area contributed by atoms with Crippen molar-refractivity contribution in [3.63, 3.8) is 0 Å². The lowest BCUT2D eigenvalue weighted by molar-refractivity contribution is 0.667. The summed E-state index contributed by atoms with van der Waals surface area (Å²) in [6.45, 7) is 4.81. The third-order valence-electron chi connectivity index (χ3n) is 10.8. The van der Waals surface area contributed by atoms with Crippen molar-refractivity contribution in [3.8, 4) is 33.4 Å². The van der Waals surface area contributed by atoms with E-state index >= 15 is 0 Å². The molecule has 0 fully saturated rings. The van der Waals surface area contributed by atoms with Crippen molar-refractivity contribution in [2.24, 2.45) is 0 Å². The summed E-state index contributed by atoms with van der Waals surface area (Å²) < 4.78 is 0. The summed E-state index contributed by atoms with van der Waals surface area (Å²) >= 11 is 0. The highest BCUT2D eigenvalue weighted by atomic mass is 14.4. The van der Waals surface area contributed by atoms with Crippen LogP contribution >= 0.6 is 0 Å². The van der Waals surface area contributed by atoms with Crippen LogP contribution in [-0.4, -0.2) is 0 Å². The zero-order valence-electron chi connectivity index (χ0n) is 26.5. The van der Waals surface area contributed by atoms with Crippen LogP contribution in [0.4, 0.5) is 0 Å². The monoisotopic (exact) mass is 596 g/mol. The van der Waals surface area contributed by atoms with Crippen molar-refractivity contribution in [3.05, 3.63) is 169 Å². The molecule has 9 aromatic rings. The Labute approximate surface area is 274 Å². The van der Waals surface area contributed by atoms with Crippen LogP contribution in [-0.2, 0) is 5.41 Å². The molecule has 220 valence electrons. The zero-order chi connectivity index (χ0) is 31.3. The van der Waals surface area contributed by atoms with E-state index in [-0.39, 0.29) is 5.41 Å². The van der Waals surface area contributed by atoms with Gasteiger partial charge in [0.05, 0.1) is 0 Å². The van der Waals surface area contributed by atoms with Crippen molar-refractivity contribution in [1.29, 1.82) is 0 Å². The predicted molar refractivity (Wildman–Crippen MR) is 202 cm³/mol. The van der Waals surface area contributed by atoms with Crippen molar-refractivity contribution in [2.75, 3.05) is 0 Å². The van der Waals surface area contributed by atoms with Crippen molar-refractivity contribution in [1.82, 2.24) is 0 Å². The Morgan fingerprint density at radius 2 is 0.851 bits per heavy atom. The number of benzene rings is 9. The van der Waals surface area contributed by atoms with Gasteiger partial charge in [0, 0.05) is 5.41 Å². The van der Waals surface area contributed by atoms with E-state index in [1.165, 1.54) is 98.4 Å². The first-order chi connectivity index (χ1) is 23.1. The van der Waals surface area contributed by atoms with Gasteiger partial charge in [-0.25, -0.2) is 0 Å². The fourth-order valence-electron chi connectivity index (χ4n) is 8.63. The van der Waals surface area contributed by atoms with Gasteiger partial charge >= 0.3 is 0 Å². The van der Waals surface area contributed by atoms with Crippen LogP contribution in [0.15, 0.2) is 158 Å². The normalized spacial score (nSPS) is 13.5. The van der Waals surface area contributed by atoms with Crippen LogP contribution in [0.1, 0.15) is 25.0 Å². The molecule has 1 aliphatic rings. The Morgan fingerprint density at radius 1 is 0.319 bits per heavy atom. The van der Waals surface area contributed by atoms with Crippen LogP contribution in [0.3, 0.4) is 0 Å². The molecule has 1 aliphatic carbocycles. The Morgan fingerprint density at radius 3 is 1.53 bits per heavy atom.